The summed E-state index contributed by atoms with van der Waals surface area (Å²) in [5.41, 5.74) is 0. The van der Waals surface area contributed by atoms with Gasteiger partial charge in [0.25, 0.3) is 0 Å². The third-order valence-electron chi connectivity index (χ3n) is 2.79. The van der Waals surface area contributed by atoms with Crippen molar-refractivity contribution in [2.24, 2.45) is 0 Å². The largest absolute Gasteiger partial charge is 0.376 e. The van der Waals surface area contributed by atoms with Gasteiger partial charge < -0.3 is 9.30 Å². The number of hydrogen-bond acceptors (Lipinski definition) is 2. The van der Waals surface area contributed by atoms with Crippen LogP contribution in [0.4, 0.5) is 0 Å². The zero-order valence-corrected chi connectivity index (χ0v) is 8.78. The van der Waals surface area contributed by atoms with Crippen LogP contribution in [0.15, 0.2) is 12.4 Å². The second-order valence-corrected chi connectivity index (χ2v) is 3.84. The van der Waals surface area contributed by atoms with E-state index in [1.54, 1.807) is 0 Å². The van der Waals surface area contributed by atoms with Crippen molar-refractivity contribution < 1.29 is 4.74 Å². The van der Waals surface area contributed by atoms with Crippen molar-refractivity contribution in [3.63, 3.8) is 0 Å². The lowest BCUT2D eigenvalue weighted by Gasteiger charge is -2.23. The molecule has 1 aromatic heterocycles. The molecule has 1 unspecified atom stereocenters. The molecular weight excluding hydrogens is 176 g/mol. The maximum atomic E-state index is 5.70. The van der Waals surface area contributed by atoms with Crippen LogP contribution in [0.2, 0.25) is 0 Å². The molecule has 0 aromatic carbocycles. The number of hydrogen-bond donors (Lipinski definition) is 0. The molecule has 0 aliphatic carbocycles. The molecule has 1 aliphatic rings. The Labute approximate surface area is 85.1 Å². The minimum absolute atomic E-state index is 0.406. The molecule has 3 heteroatoms. The predicted molar refractivity (Wildman–Crippen MR) is 55.2 cm³/mol. The lowest BCUT2D eigenvalue weighted by molar-refractivity contribution is 0.00556. The Morgan fingerprint density at radius 1 is 1.57 bits per heavy atom. The van der Waals surface area contributed by atoms with Gasteiger partial charge in [-0.25, -0.2) is 4.98 Å². The van der Waals surface area contributed by atoms with E-state index in [9.17, 15) is 0 Å². The first-order valence-corrected chi connectivity index (χ1v) is 5.51. The summed E-state index contributed by atoms with van der Waals surface area (Å²) in [7, 11) is 0. The summed E-state index contributed by atoms with van der Waals surface area (Å²) in [6.07, 6.45) is 9.06. The van der Waals surface area contributed by atoms with Gasteiger partial charge in [-0.15, -0.1) is 0 Å². The van der Waals surface area contributed by atoms with Crippen LogP contribution in [0.1, 0.15) is 32.0 Å². The predicted octanol–water partition coefficient (Wildman–Crippen LogP) is 2.01. The average molecular weight is 194 g/mol. The Morgan fingerprint density at radius 2 is 2.50 bits per heavy atom. The highest BCUT2D eigenvalue weighted by atomic mass is 16.5. The standard InChI is InChI=1S/C11H18N2O/c1-2-11-12-6-7-13(11)9-10-5-3-4-8-14-10/h6-7,10H,2-5,8-9H2,1H3. The molecule has 14 heavy (non-hydrogen) atoms. The molecule has 2 heterocycles. The van der Waals surface area contributed by atoms with Crippen LogP contribution >= 0.6 is 0 Å². The summed E-state index contributed by atoms with van der Waals surface area (Å²) < 4.78 is 7.92. The highest BCUT2D eigenvalue weighted by molar-refractivity contribution is 4.92. The zero-order valence-electron chi connectivity index (χ0n) is 8.78. The van der Waals surface area contributed by atoms with E-state index in [2.05, 4.69) is 22.7 Å². The summed E-state index contributed by atoms with van der Waals surface area (Å²) in [5, 5.41) is 0. The lowest BCUT2D eigenvalue weighted by atomic mass is 10.1. The Bertz CT molecular complexity index is 277. The van der Waals surface area contributed by atoms with Crippen LogP contribution in [-0.2, 0) is 17.7 Å². The summed E-state index contributed by atoms with van der Waals surface area (Å²) in [6.45, 7) is 4.05. The lowest BCUT2D eigenvalue weighted by Crippen LogP contribution is -2.24. The van der Waals surface area contributed by atoms with Gasteiger partial charge in [-0.1, -0.05) is 6.92 Å². The van der Waals surface area contributed by atoms with E-state index in [1.807, 2.05) is 6.20 Å². The third kappa shape index (κ3) is 2.15. The van der Waals surface area contributed by atoms with Gasteiger partial charge >= 0.3 is 0 Å². The molecule has 0 radical (unpaired) electrons. The fraction of sp³-hybridized carbons (Fsp3) is 0.727. The van der Waals surface area contributed by atoms with E-state index in [4.69, 9.17) is 4.74 Å². The molecule has 0 saturated carbocycles. The van der Waals surface area contributed by atoms with Crippen molar-refractivity contribution in [1.29, 1.82) is 0 Å². The second-order valence-electron chi connectivity index (χ2n) is 3.84. The molecule has 0 bridgehead atoms. The zero-order chi connectivity index (χ0) is 9.80. The summed E-state index contributed by atoms with van der Waals surface area (Å²) in [6, 6.07) is 0. The molecule has 2 rings (SSSR count). The quantitative estimate of drug-likeness (QED) is 0.736. The van der Waals surface area contributed by atoms with Crippen LogP contribution in [0.5, 0.6) is 0 Å². The monoisotopic (exact) mass is 194 g/mol. The molecule has 1 atom stereocenters. The summed E-state index contributed by atoms with van der Waals surface area (Å²) in [5.74, 6) is 1.17. The van der Waals surface area contributed by atoms with Gasteiger partial charge in [0.1, 0.15) is 5.82 Å². The van der Waals surface area contributed by atoms with E-state index in [0.29, 0.717) is 6.10 Å². The van der Waals surface area contributed by atoms with Gasteiger partial charge in [-0.3, -0.25) is 0 Å². The number of imidazole rings is 1. The molecule has 0 N–H and O–H groups in total. The highest BCUT2D eigenvalue weighted by Gasteiger charge is 2.15. The Morgan fingerprint density at radius 3 is 3.21 bits per heavy atom. The van der Waals surface area contributed by atoms with Crippen LogP contribution in [0.25, 0.3) is 0 Å². The Hall–Kier alpha value is -0.830. The Kier molecular flexibility index (Phi) is 3.19. The third-order valence-corrected chi connectivity index (χ3v) is 2.79. The molecule has 1 aromatic rings. The average Bonchev–Trinajstić information content (AvgIpc) is 2.67. The number of ether oxygens (including phenoxy) is 1. The van der Waals surface area contributed by atoms with E-state index in [-0.39, 0.29) is 0 Å². The minimum atomic E-state index is 0.406. The Balaban J connectivity index is 1.95. The van der Waals surface area contributed by atoms with Gasteiger partial charge in [0.05, 0.1) is 12.6 Å². The van der Waals surface area contributed by atoms with Crippen LogP contribution in [0, 0.1) is 0 Å². The summed E-state index contributed by atoms with van der Waals surface area (Å²) in [4.78, 5) is 4.31. The number of nitrogens with zero attached hydrogens (tertiary/aromatic N) is 2. The summed E-state index contributed by atoms with van der Waals surface area (Å²) >= 11 is 0. The van der Waals surface area contributed by atoms with Crippen molar-refractivity contribution in [1.82, 2.24) is 9.55 Å². The van der Waals surface area contributed by atoms with Crippen LogP contribution < -0.4 is 0 Å². The van der Waals surface area contributed by atoms with Crippen molar-refractivity contribution in [3.05, 3.63) is 18.2 Å². The van der Waals surface area contributed by atoms with E-state index in [1.165, 1.54) is 25.1 Å². The SMILES string of the molecule is CCc1nccn1CC1CCCCO1. The topological polar surface area (TPSA) is 27.1 Å². The maximum Gasteiger partial charge on any atom is 0.108 e. The molecule has 1 fully saturated rings. The van der Waals surface area contributed by atoms with E-state index in [0.717, 1.165) is 19.6 Å². The molecule has 1 aliphatic heterocycles. The van der Waals surface area contributed by atoms with E-state index >= 15 is 0 Å². The molecule has 3 nitrogen and oxygen atoms in total. The molecule has 78 valence electrons. The van der Waals surface area contributed by atoms with Gasteiger partial charge in [0.15, 0.2) is 0 Å². The first-order valence-electron chi connectivity index (χ1n) is 5.51. The second kappa shape index (κ2) is 4.60. The molecule has 0 amide bonds. The van der Waals surface area contributed by atoms with Gasteiger partial charge in [-0.05, 0) is 19.3 Å². The van der Waals surface area contributed by atoms with Gasteiger partial charge in [0, 0.05) is 25.4 Å². The number of aromatic nitrogens is 2. The van der Waals surface area contributed by atoms with Crippen molar-refractivity contribution in [2.75, 3.05) is 6.61 Å². The van der Waals surface area contributed by atoms with Crippen molar-refractivity contribution in [2.45, 2.75) is 45.3 Å². The van der Waals surface area contributed by atoms with Crippen LogP contribution in [0.3, 0.4) is 0 Å². The normalized spacial score (nSPS) is 22.5. The fourth-order valence-electron chi connectivity index (χ4n) is 1.99. The molecule has 1 saturated heterocycles. The number of aryl methyl sites for hydroxylation is 1. The van der Waals surface area contributed by atoms with Crippen LogP contribution in [-0.4, -0.2) is 22.3 Å². The van der Waals surface area contributed by atoms with Crippen molar-refractivity contribution in [3.8, 4) is 0 Å². The minimum Gasteiger partial charge on any atom is -0.376 e. The smallest absolute Gasteiger partial charge is 0.108 e. The first kappa shape index (κ1) is 9.71. The maximum absolute atomic E-state index is 5.70. The number of rotatable bonds is 3. The van der Waals surface area contributed by atoms with Crippen molar-refractivity contribution >= 4 is 0 Å². The van der Waals surface area contributed by atoms with E-state index < -0.39 is 0 Å². The van der Waals surface area contributed by atoms with Gasteiger partial charge in [-0.2, -0.15) is 0 Å². The fourth-order valence-corrected chi connectivity index (χ4v) is 1.99. The highest BCUT2D eigenvalue weighted by Crippen LogP contribution is 2.15. The molecular formula is C11H18N2O. The van der Waals surface area contributed by atoms with Gasteiger partial charge in [0.2, 0.25) is 0 Å². The first-order chi connectivity index (χ1) is 6.90. The molecule has 0 spiro atoms.